The van der Waals surface area contributed by atoms with Crippen LogP contribution >= 0.6 is 0 Å². The molecule has 8 heteroatoms. The van der Waals surface area contributed by atoms with E-state index in [0.29, 0.717) is 22.9 Å². The number of methoxy groups -OCH3 is 1. The molecule has 1 N–H and O–H groups in total. The molecule has 0 radical (unpaired) electrons. The number of carbonyl (C=O) groups excluding carboxylic acids is 1. The molecule has 2 fully saturated rings. The second-order valence-electron chi connectivity index (χ2n) is 10.4. The Labute approximate surface area is 206 Å². The zero-order valence-corrected chi connectivity index (χ0v) is 21.2. The lowest BCUT2D eigenvalue weighted by Gasteiger charge is -2.40. The predicted molar refractivity (Wildman–Crippen MR) is 138 cm³/mol. The van der Waals surface area contributed by atoms with Gasteiger partial charge >= 0.3 is 0 Å². The van der Waals surface area contributed by atoms with Gasteiger partial charge in [-0.3, -0.25) is 19.2 Å². The van der Waals surface area contributed by atoms with Gasteiger partial charge in [0.2, 0.25) is 0 Å². The number of aromatic nitrogens is 3. The van der Waals surface area contributed by atoms with E-state index in [1.54, 1.807) is 13.3 Å². The Morgan fingerprint density at radius 1 is 1.20 bits per heavy atom. The number of H-pyrrole nitrogens is 1. The summed E-state index contributed by atoms with van der Waals surface area (Å²) in [5.41, 5.74) is 3.08. The summed E-state index contributed by atoms with van der Waals surface area (Å²) in [6.07, 6.45) is 7.53. The number of amides is 1. The number of fused-ring (bicyclic) bond motifs is 3. The number of carbonyl (C=O) groups is 1. The van der Waals surface area contributed by atoms with Crippen molar-refractivity contribution in [3.05, 3.63) is 39.8 Å². The number of hydrogen-bond acceptors (Lipinski definition) is 5. The van der Waals surface area contributed by atoms with Crippen molar-refractivity contribution in [2.24, 2.45) is 5.92 Å². The van der Waals surface area contributed by atoms with Crippen LogP contribution in [-0.4, -0.2) is 76.4 Å². The molecule has 1 amide bonds. The van der Waals surface area contributed by atoms with Crippen LogP contribution in [0.3, 0.4) is 0 Å². The number of unbranched alkanes of at least 4 members (excludes halogenated alkanes) is 1. The average molecular weight is 480 g/mol. The van der Waals surface area contributed by atoms with Crippen molar-refractivity contribution >= 4 is 27.7 Å². The third kappa shape index (κ3) is 4.74. The van der Waals surface area contributed by atoms with Crippen LogP contribution in [0.1, 0.15) is 54.9 Å². The van der Waals surface area contributed by atoms with Crippen molar-refractivity contribution in [3.8, 4) is 0 Å². The lowest BCUT2D eigenvalue weighted by atomic mass is 9.85. The summed E-state index contributed by atoms with van der Waals surface area (Å²) in [7, 11) is 1.74. The van der Waals surface area contributed by atoms with E-state index >= 15 is 0 Å². The van der Waals surface area contributed by atoms with Crippen molar-refractivity contribution < 1.29 is 9.53 Å². The smallest absolute Gasteiger partial charge is 0.259 e. The monoisotopic (exact) mass is 479 g/mol. The normalized spacial score (nSPS) is 19.5. The summed E-state index contributed by atoms with van der Waals surface area (Å²) in [6.45, 7) is 9.16. The number of benzene rings is 1. The number of ether oxygens (including phenoxy) is 1. The van der Waals surface area contributed by atoms with Crippen LogP contribution in [0.5, 0.6) is 0 Å². The molecule has 1 unspecified atom stereocenters. The Morgan fingerprint density at radius 3 is 2.74 bits per heavy atom. The fraction of sp³-hybridized carbons (Fsp3) is 0.593. The fourth-order valence-electron chi connectivity index (χ4n) is 5.56. The Bertz CT molecular complexity index is 1280. The van der Waals surface area contributed by atoms with Crippen LogP contribution in [0.25, 0.3) is 21.8 Å². The minimum atomic E-state index is -0.124. The predicted octanol–water partition coefficient (Wildman–Crippen LogP) is 3.56. The van der Waals surface area contributed by atoms with Gasteiger partial charge in [-0.15, -0.1) is 0 Å². The molecule has 0 bridgehead atoms. The van der Waals surface area contributed by atoms with Crippen molar-refractivity contribution in [3.63, 3.8) is 0 Å². The van der Waals surface area contributed by atoms with Gasteiger partial charge in [-0.2, -0.15) is 5.10 Å². The molecule has 2 aromatic heterocycles. The fourth-order valence-corrected chi connectivity index (χ4v) is 5.56. The molecule has 2 aliphatic rings. The SMILES string of the molecule is COCCCCN1CCN(C(=O)c2cc3c(cc2C)[nH]c(=O)c2cnn(CC4CCC4)c23)CC1C. The maximum atomic E-state index is 13.7. The lowest BCUT2D eigenvalue weighted by molar-refractivity contribution is 0.0505. The molecule has 188 valence electrons. The van der Waals surface area contributed by atoms with Crippen molar-refractivity contribution in [2.45, 2.75) is 58.5 Å². The Hall–Kier alpha value is -2.71. The van der Waals surface area contributed by atoms with Crippen LogP contribution in [0.15, 0.2) is 23.1 Å². The first-order chi connectivity index (χ1) is 17.0. The quantitative estimate of drug-likeness (QED) is 0.500. The molecular formula is C27H37N5O3. The molecule has 1 saturated carbocycles. The van der Waals surface area contributed by atoms with Gasteiger partial charge in [0.1, 0.15) is 0 Å². The summed E-state index contributed by atoms with van der Waals surface area (Å²) in [6, 6.07) is 4.24. The van der Waals surface area contributed by atoms with E-state index in [9.17, 15) is 9.59 Å². The van der Waals surface area contributed by atoms with Gasteiger partial charge in [0.05, 0.1) is 22.6 Å². The Morgan fingerprint density at radius 2 is 2.03 bits per heavy atom. The summed E-state index contributed by atoms with van der Waals surface area (Å²) in [5, 5.41) is 6.05. The molecular weight excluding hydrogens is 442 g/mol. The highest BCUT2D eigenvalue weighted by Gasteiger charge is 2.28. The second-order valence-corrected chi connectivity index (χ2v) is 10.4. The Balaban J connectivity index is 1.41. The van der Waals surface area contributed by atoms with E-state index < -0.39 is 0 Å². The largest absolute Gasteiger partial charge is 0.385 e. The van der Waals surface area contributed by atoms with E-state index in [0.717, 1.165) is 74.2 Å². The molecule has 3 heterocycles. The van der Waals surface area contributed by atoms with E-state index in [1.807, 2.05) is 28.6 Å². The zero-order chi connectivity index (χ0) is 24.5. The summed E-state index contributed by atoms with van der Waals surface area (Å²) >= 11 is 0. The number of rotatable bonds is 8. The van der Waals surface area contributed by atoms with Crippen molar-refractivity contribution in [1.82, 2.24) is 24.6 Å². The van der Waals surface area contributed by atoms with E-state index in [4.69, 9.17) is 4.74 Å². The molecule has 1 saturated heterocycles. The third-order valence-electron chi connectivity index (χ3n) is 7.93. The summed E-state index contributed by atoms with van der Waals surface area (Å²) in [4.78, 5) is 33.9. The average Bonchev–Trinajstić information content (AvgIpc) is 3.24. The topological polar surface area (TPSA) is 83.5 Å². The molecule has 8 nitrogen and oxygen atoms in total. The first-order valence-corrected chi connectivity index (χ1v) is 13.0. The van der Waals surface area contributed by atoms with Crippen LogP contribution in [0, 0.1) is 12.8 Å². The molecule has 1 atom stereocenters. The molecule has 3 aromatic rings. The number of aromatic amines is 1. The van der Waals surface area contributed by atoms with Crippen LogP contribution in [-0.2, 0) is 11.3 Å². The van der Waals surface area contributed by atoms with Crippen molar-refractivity contribution in [1.29, 1.82) is 0 Å². The minimum Gasteiger partial charge on any atom is -0.385 e. The third-order valence-corrected chi connectivity index (χ3v) is 7.93. The number of nitrogens with one attached hydrogen (secondary N) is 1. The number of hydrogen-bond donors (Lipinski definition) is 1. The molecule has 5 rings (SSSR count). The second kappa shape index (κ2) is 10.1. The van der Waals surface area contributed by atoms with E-state index in [1.165, 1.54) is 19.3 Å². The number of piperazine rings is 1. The highest BCUT2D eigenvalue weighted by atomic mass is 16.5. The van der Waals surface area contributed by atoms with E-state index in [2.05, 4.69) is 21.9 Å². The summed E-state index contributed by atoms with van der Waals surface area (Å²) < 4.78 is 7.14. The molecule has 35 heavy (non-hydrogen) atoms. The van der Waals surface area contributed by atoms with Gasteiger partial charge in [-0.05, 0) is 69.7 Å². The van der Waals surface area contributed by atoms with Crippen LogP contribution in [0.2, 0.25) is 0 Å². The van der Waals surface area contributed by atoms with Crippen LogP contribution < -0.4 is 5.56 Å². The highest BCUT2D eigenvalue weighted by molar-refractivity contribution is 6.07. The number of aryl methyl sites for hydroxylation is 1. The van der Waals surface area contributed by atoms with Crippen LogP contribution in [0.4, 0.5) is 0 Å². The van der Waals surface area contributed by atoms with Crippen molar-refractivity contribution in [2.75, 3.05) is 39.9 Å². The maximum Gasteiger partial charge on any atom is 0.259 e. The number of pyridine rings is 1. The van der Waals surface area contributed by atoms with Gasteiger partial charge < -0.3 is 14.6 Å². The first-order valence-electron chi connectivity index (χ1n) is 13.0. The van der Waals surface area contributed by atoms with E-state index in [-0.39, 0.29) is 11.5 Å². The lowest BCUT2D eigenvalue weighted by Crippen LogP contribution is -2.53. The molecule has 1 aliphatic carbocycles. The molecule has 0 spiro atoms. The maximum absolute atomic E-state index is 13.7. The van der Waals surface area contributed by atoms with Gasteiger partial charge in [0.25, 0.3) is 11.5 Å². The summed E-state index contributed by atoms with van der Waals surface area (Å²) in [5.74, 6) is 0.686. The Kier molecular flexibility index (Phi) is 6.93. The molecule has 1 aromatic carbocycles. The first kappa shape index (κ1) is 24.0. The number of nitrogens with zero attached hydrogens (tertiary/aromatic N) is 4. The minimum absolute atomic E-state index is 0.0692. The van der Waals surface area contributed by atoms with Gasteiger partial charge in [-0.25, -0.2) is 0 Å². The standard InChI is InChI=1S/C27H37N5O3/c1-18-13-24-22(25-23(26(33)29-24)15-28-32(25)17-20-7-6-8-20)14-21(18)27(34)31-11-10-30(19(2)16-31)9-4-5-12-35-3/h13-15,19-20H,4-12,16-17H2,1-3H3,(H,29,33). The van der Waals surface area contributed by atoms with Gasteiger partial charge in [-0.1, -0.05) is 6.42 Å². The van der Waals surface area contributed by atoms with Gasteiger partial charge in [0.15, 0.2) is 0 Å². The van der Waals surface area contributed by atoms with Gasteiger partial charge in [0, 0.05) is 56.9 Å². The highest BCUT2D eigenvalue weighted by Crippen LogP contribution is 2.31. The molecule has 1 aliphatic heterocycles. The zero-order valence-electron chi connectivity index (χ0n) is 21.2.